The van der Waals surface area contributed by atoms with Gasteiger partial charge in [0.2, 0.25) is 5.88 Å². The molecular weight excluding hydrogens is 388 g/mol. The molecule has 4 heterocycles. The van der Waals surface area contributed by atoms with E-state index in [9.17, 15) is 4.79 Å². The van der Waals surface area contributed by atoms with Gasteiger partial charge in [0.05, 0.1) is 6.61 Å². The second-order valence-electron chi connectivity index (χ2n) is 6.72. The largest absolute Gasteiger partial charge is 0.477 e. The van der Waals surface area contributed by atoms with E-state index in [-0.39, 0.29) is 0 Å². The highest BCUT2D eigenvalue weighted by atomic mass is 32.1. The first kappa shape index (κ1) is 19.3. The van der Waals surface area contributed by atoms with E-state index in [1.165, 1.54) is 11.3 Å². The van der Waals surface area contributed by atoms with Gasteiger partial charge in [-0.3, -0.25) is 15.6 Å². The second kappa shape index (κ2) is 9.44. The third kappa shape index (κ3) is 5.49. The standard InChI is InChI=1S/C20H22N6O2S/c27-20(26-17-13-29-19(24-17)15-6-10-22-11-7-15)25-16-2-1-3-18(23-16)28-12-14-4-8-21-9-5-14/h1-3,6-7,10-11,13-14,21H,4-5,8-9,12H2,(H2,23,25,26,27). The number of carbonyl (C=O) groups is 1. The maximum absolute atomic E-state index is 12.3. The van der Waals surface area contributed by atoms with E-state index >= 15 is 0 Å². The average molecular weight is 411 g/mol. The van der Waals surface area contributed by atoms with Crippen LogP contribution in [0.1, 0.15) is 12.8 Å². The Kier molecular flexibility index (Phi) is 6.28. The Morgan fingerprint density at radius 2 is 1.90 bits per heavy atom. The van der Waals surface area contributed by atoms with Crippen LogP contribution in [0.15, 0.2) is 48.1 Å². The molecule has 1 fully saturated rings. The number of aromatic nitrogens is 3. The smallest absolute Gasteiger partial charge is 0.326 e. The minimum atomic E-state index is -0.403. The lowest BCUT2D eigenvalue weighted by molar-refractivity contribution is 0.209. The summed E-state index contributed by atoms with van der Waals surface area (Å²) in [6.07, 6.45) is 5.63. The highest BCUT2D eigenvalue weighted by Gasteiger charge is 2.14. The summed E-state index contributed by atoms with van der Waals surface area (Å²) in [5.41, 5.74) is 0.957. The van der Waals surface area contributed by atoms with Gasteiger partial charge in [0.25, 0.3) is 0 Å². The van der Waals surface area contributed by atoms with Crippen molar-refractivity contribution in [2.45, 2.75) is 12.8 Å². The van der Waals surface area contributed by atoms with Crippen LogP contribution in [0.5, 0.6) is 5.88 Å². The molecule has 0 atom stereocenters. The first-order valence-electron chi connectivity index (χ1n) is 9.51. The zero-order valence-corrected chi connectivity index (χ0v) is 16.6. The van der Waals surface area contributed by atoms with Gasteiger partial charge in [-0.1, -0.05) is 6.07 Å². The molecule has 0 unspecified atom stereocenters. The number of nitrogens with one attached hydrogen (secondary N) is 3. The number of thiazole rings is 1. The van der Waals surface area contributed by atoms with Crippen molar-refractivity contribution in [3.05, 3.63) is 48.1 Å². The molecule has 3 N–H and O–H groups in total. The summed E-state index contributed by atoms with van der Waals surface area (Å²) < 4.78 is 5.81. The molecule has 3 aromatic heterocycles. The summed E-state index contributed by atoms with van der Waals surface area (Å²) in [6.45, 7) is 2.70. The zero-order valence-electron chi connectivity index (χ0n) is 15.8. The molecule has 9 heteroatoms. The minimum Gasteiger partial charge on any atom is -0.477 e. The summed E-state index contributed by atoms with van der Waals surface area (Å²) in [4.78, 5) is 25.1. The number of nitrogens with zero attached hydrogens (tertiary/aromatic N) is 3. The SMILES string of the molecule is O=C(Nc1cccc(OCC2CCNCC2)n1)Nc1csc(-c2ccncc2)n1. The van der Waals surface area contributed by atoms with E-state index in [1.54, 1.807) is 29.9 Å². The molecule has 0 aliphatic carbocycles. The van der Waals surface area contributed by atoms with Gasteiger partial charge in [0, 0.05) is 29.4 Å². The van der Waals surface area contributed by atoms with Crippen molar-refractivity contribution in [3.63, 3.8) is 0 Å². The molecule has 1 aliphatic rings. The Morgan fingerprint density at radius 1 is 1.10 bits per heavy atom. The molecule has 0 radical (unpaired) electrons. The Morgan fingerprint density at radius 3 is 2.72 bits per heavy atom. The van der Waals surface area contributed by atoms with Crippen molar-refractivity contribution >= 4 is 29.0 Å². The van der Waals surface area contributed by atoms with Crippen LogP contribution in [0.25, 0.3) is 10.6 Å². The molecule has 1 aliphatic heterocycles. The fourth-order valence-corrected chi connectivity index (χ4v) is 3.80. The van der Waals surface area contributed by atoms with E-state index in [0.717, 1.165) is 36.5 Å². The molecule has 1 saturated heterocycles. The Hall–Kier alpha value is -3.04. The highest BCUT2D eigenvalue weighted by Crippen LogP contribution is 2.25. The van der Waals surface area contributed by atoms with E-state index in [1.807, 2.05) is 18.2 Å². The number of hydrogen-bond donors (Lipinski definition) is 3. The monoisotopic (exact) mass is 410 g/mol. The molecule has 0 saturated carbocycles. The molecule has 2 amide bonds. The maximum Gasteiger partial charge on any atom is 0.326 e. The third-order valence-electron chi connectivity index (χ3n) is 4.56. The topological polar surface area (TPSA) is 101 Å². The van der Waals surface area contributed by atoms with Crippen molar-refractivity contribution in [2.75, 3.05) is 30.3 Å². The summed E-state index contributed by atoms with van der Waals surface area (Å²) in [5, 5.41) is 11.4. The summed E-state index contributed by atoms with van der Waals surface area (Å²) in [5.74, 6) is 1.96. The normalized spacial score (nSPS) is 14.3. The van der Waals surface area contributed by atoms with Crippen molar-refractivity contribution in [2.24, 2.45) is 5.92 Å². The average Bonchev–Trinajstić information content (AvgIpc) is 3.22. The molecule has 150 valence electrons. The Balaban J connectivity index is 1.31. The van der Waals surface area contributed by atoms with Gasteiger partial charge in [-0.25, -0.2) is 9.78 Å². The van der Waals surface area contributed by atoms with Crippen LogP contribution in [0.3, 0.4) is 0 Å². The van der Waals surface area contributed by atoms with Gasteiger partial charge in [-0.05, 0) is 50.0 Å². The van der Waals surface area contributed by atoms with E-state index in [4.69, 9.17) is 4.74 Å². The van der Waals surface area contributed by atoms with Gasteiger partial charge in [-0.2, -0.15) is 4.98 Å². The predicted molar refractivity (Wildman–Crippen MR) is 113 cm³/mol. The van der Waals surface area contributed by atoms with Gasteiger partial charge in [-0.15, -0.1) is 11.3 Å². The fourth-order valence-electron chi connectivity index (χ4n) is 3.04. The number of rotatable bonds is 6. The van der Waals surface area contributed by atoms with Crippen molar-refractivity contribution in [3.8, 4) is 16.5 Å². The van der Waals surface area contributed by atoms with E-state index in [0.29, 0.717) is 30.0 Å². The Bertz CT molecular complexity index is 943. The highest BCUT2D eigenvalue weighted by molar-refractivity contribution is 7.13. The zero-order chi connectivity index (χ0) is 19.9. The number of amides is 2. The molecule has 0 bridgehead atoms. The number of hydrogen-bond acceptors (Lipinski definition) is 7. The van der Waals surface area contributed by atoms with Crippen molar-refractivity contribution in [1.29, 1.82) is 0 Å². The number of piperidine rings is 1. The Labute approximate surface area is 172 Å². The maximum atomic E-state index is 12.3. The molecular formula is C20H22N6O2S. The third-order valence-corrected chi connectivity index (χ3v) is 5.46. The minimum absolute atomic E-state index is 0.403. The number of ether oxygens (including phenoxy) is 1. The van der Waals surface area contributed by atoms with E-state index in [2.05, 4.69) is 30.9 Å². The quantitative estimate of drug-likeness (QED) is 0.574. The van der Waals surface area contributed by atoms with Crippen LogP contribution in [-0.4, -0.2) is 40.7 Å². The number of pyridine rings is 2. The molecule has 3 aromatic rings. The van der Waals surface area contributed by atoms with Crippen LogP contribution < -0.4 is 20.7 Å². The first-order chi connectivity index (χ1) is 14.3. The van der Waals surface area contributed by atoms with Gasteiger partial charge < -0.3 is 10.1 Å². The summed E-state index contributed by atoms with van der Waals surface area (Å²) >= 11 is 1.45. The van der Waals surface area contributed by atoms with Gasteiger partial charge >= 0.3 is 6.03 Å². The van der Waals surface area contributed by atoms with Crippen LogP contribution >= 0.6 is 11.3 Å². The lowest BCUT2D eigenvalue weighted by Crippen LogP contribution is -2.30. The number of anilines is 2. The molecule has 8 nitrogen and oxygen atoms in total. The molecule has 29 heavy (non-hydrogen) atoms. The molecule has 0 spiro atoms. The van der Waals surface area contributed by atoms with E-state index < -0.39 is 6.03 Å². The van der Waals surface area contributed by atoms with Crippen LogP contribution in [-0.2, 0) is 0 Å². The van der Waals surface area contributed by atoms with Crippen molar-refractivity contribution in [1.82, 2.24) is 20.3 Å². The predicted octanol–water partition coefficient (Wildman–Crippen LogP) is 3.62. The summed E-state index contributed by atoms with van der Waals surface area (Å²) in [7, 11) is 0. The van der Waals surface area contributed by atoms with Crippen LogP contribution in [0.2, 0.25) is 0 Å². The van der Waals surface area contributed by atoms with Crippen LogP contribution in [0, 0.1) is 5.92 Å². The first-order valence-corrected chi connectivity index (χ1v) is 10.4. The summed E-state index contributed by atoms with van der Waals surface area (Å²) in [6, 6.07) is 8.68. The number of urea groups is 1. The lowest BCUT2D eigenvalue weighted by Gasteiger charge is -2.22. The van der Waals surface area contributed by atoms with Crippen molar-refractivity contribution < 1.29 is 9.53 Å². The van der Waals surface area contributed by atoms with Gasteiger partial charge in [0.1, 0.15) is 16.6 Å². The molecule has 0 aromatic carbocycles. The van der Waals surface area contributed by atoms with Gasteiger partial charge in [0.15, 0.2) is 0 Å². The molecule has 4 rings (SSSR count). The van der Waals surface area contributed by atoms with Crippen LogP contribution in [0.4, 0.5) is 16.4 Å². The fraction of sp³-hybridized carbons (Fsp3) is 0.300. The lowest BCUT2D eigenvalue weighted by atomic mass is 9.99. The second-order valence-corrected chi connectivity index (χ2v) is 7.58. The number of carbonyl (C=O) groups excluding carboxylic acids is 1.